The summed E-state index contributed by atoms with van der Waals surface area (Å²) in [7, 11) is 0. The molecule has 1 aliphatic heterocycles. The standard InChI is InChI=1S/C21H38N4/c1-3-5-7-9-12-20(13-10-8-6-4-2)24-16-18-25(19-17-24)21-22-14-11-15-23-21/h11,14-15,20H,3-10,12-13,16-19H2,1-2H3. The number of hydrogen-bond acceptors (Lipinski definition) is 4. The maximum atomic E-state index is 4.41. The van der Waals surface area contributed by atoms with Crippen LogP contribution in [-0.2, 0) is 0 Å². The van der Waals surface area contributed by atoms with E-state index in [4.69, 9.17) is 0 Å². The lowest BCUT2D eigenvalue weighted by atomic mass is 9.99. The van der Waals surface area contributed by atoms with Gasteiger partial charge in [0, 0.05) is 44.6 Å². The third kappa shape index (κ3) is 7.31. The Bertz CT molecular complexity index is 417. The summed E-state index contributed by atoms with van der Waals surface area (Å²) in [4.78, 5) is 13.9. The van der Waals surface area contributed by atoms with Crippen molar-refractivity contribution < 1.29 is 0 Å². The van der Waals surface area contributed by atoms with Crippen LogP contribution in [0.1, 0.15) is 78.1 Å². The van der Waals surface area contributed by atoms with Crippen LogP contribution in [0.15, 0.2) is 18.5 Å². The van der Waals surface area contributed by atoms with E-state index >= 15 is 0 Å². The molecule has 1 aliphatic rings. The van der Waals surface area contributed by atoms with Gasteiger partial charge in [-0.05, 0) is 18.9 Å². The van der Waals surface area contributed by atoms with Crippen LogP contribution >= 0.6 is 0 Å². The van der Waals surface area contributed by atoms with Gasteiger partial charge in [-0.2, -0.15) is 0 Å². The minimum atomic E-state index is 0.785. The molecule has 1 saturated heterocycles. The molecular weight excluding hydrogens is 308 g/mol. The number of rotatable bonds is 12. The minimum Gasteiger partial charge on any atom is -0.338 e. The monoisotopic (exact) mass is 346 g/mol. The average molecular weight is 347 g/mol. The zero-order chi connectivity index (χ0) is 17.7. The van der Waals surface area contributed by atoms with Crippen molar-refractivity contribution >= 4 is 5.95 Å². The van der Waals surface area contributed by atoms with Crippen LogP contribution in [0.2, 0.25) is 0 Å². The zero-order valence-corrected chi connectivity index (χ0v) is 16.5. The van der Waals surface area contributed by atoms with E-state index in [1.54, 1.807) is 0 Å². The van der Waals surface area contributed by atoms with E-state index in [9.17, 15) is 0 Å². The minimum absolute atomic E-state index is 0.785. The highest BCUT2D eigenvalue weighted by Crippen LogP contribution is 2.20. The van der Waals surface area contributed by atoms with Gasteiger partial charge < -0.3 is 4.90 Å². The fourth-order valence-corrected chi connectivity index (χ4v) is 3.86. The second-order valence-corrected chi connectivity index (χ2v) is 7.42. The quantitative estimate of drug-likeness (QED) is 0.503. The molecule has 0 aromatic carbocycles. The van der Waals surface area contributed by atoms with Gasteiger partial charge in [0.05, 0.1) is 0 Å². The lowest BCUT2D eigenvalue weighted by Crippen LogP contribution is -2.50. The summed E-state index contributed by atoms with van der Waals surface area (Å²) in [5.74, 6) is 0.893. The highest BCUT2D eigenvalue weighted by molar-refractivity contribution is 5.29. The van der Waals surface area contributed by atoms with Gasteiger partial charge in [-0.1, -0.05) is 65.2 Å². The van der Waals surface area contributed by atoms with E-state index in [-0.39, 0.29) is 0 Å². The first-order valence-corrected chi connectivity index (χ1v) is 10.6. The first-order valence-electron chi connectivity index (χ1n) is 10.6. The van der Waals surface area contributed by atoms with E-state index < -0.39 is 0 Å². The Morgan fingerprint density at radius 2 is 1.36 bits per heavy atom. The molecule has 0 atom stereocenters. The van der Waals surface area contributed by atoms with Gasteiger partial charge in [0.25, 0.3) is 0 Å². The van der Waals surface area contributed by atoms with E-state index in [0.29, 0.717) is 0 Å². The highest BCUT2D eigenvalue weighted by atomic mass is 15.3. The molecule has 0 spiro atoms. The number of anilines is 1. The van der Waals surface area contributed by atoms with Gasteiger partial charge in [0.1, 0.15) is 0 Å². The van der Waals surface area contributed by atoms with Crippen LogP contribution in [-0.4, -0.2) is 47.1 Å². The van der Waals surface area contributed by atoms with Gasteiger partial charge in [-0.15, -0.1) is 0 Å². The molecular formula is C21H38N4. The van der Waals surface area contributed by atoms with Crippen molar-refractivity contribution in [3.8, 4) is 0 Å². The highest BCUT2D eigenvalue weighted by Gasteiger charge is 2.24. The van der Waals surface area contributed by atoms with Gasteiger partial charge in [0.2, 0.25) is 5.95 Å². The van der Waals surface area contributed by atoms with E-state index in [1.165, 1.54) is 64.2 Å². The maximum absolute atomic E-state index is 4.41. The van der Waals surface area contributed by atoms with Crippen LogP contribution in [0.5, 0.6) is 0 Å². The van der Waals surface area contributed by atoms with Crippen molar-refractivity contribution in [2.24, 2.45) is 0 Å². The normalized spacial score (nSPS) is 15.9. The van der Waals surface area contributed by atoms with Crippen LogP contribution in [0.3, 0.4) is 0 Å². The van der Waals surface area contributed by atoms with Crippen molar-refractivity contribution in [2.75, 3.05) is 31.1 Å². The number of nitrogens with zero attached hydrogens (tertiary/aromatic N) is 4. The molecule has 1 fully saturated rings. The van der Waals surface area contributed by atoms with Crippen molar-refractivity contribution in [3.05, 3.63) is 18.5 Å². The molecule has 142 valence electrons. The molecule has 4 heteroatoms. The third-order valence-corrected chi connectivity index (χ3v) is 5.45. The van der Waals surface area contributed by atoms with Crippen molar-refractivity contribution in [2.45, 2.75) is 84.1 Å². The summed E-state index contributed by atoms with van der Waals surface area (Å²) < 4.78 is 0. The Kier molecular flexibility index (Phi) is 9.86. The van der Waals surface area contributed by atoms with Crippen LogP contribution in [0, 0.1) is 0 Å². The van der Waals surface area contributed by atoms with Gasteiger partial charge in [-0.25, -0.2) is 9.97 Å². The van der Waals surface area contributed by atoms with E-state index in [0.717, 1.165) is 38.2 Å². The van der Waals surface area contributed by atoms with Crippen LogP contribution in [0.25, 0.3) is 0 Å². The molecule has 0 aliphatic carbocycles. The summed E-state index contributed by atoms with van der Waals surface area (Å²) in [6.07, 6.45) is 17.5. The molecule has 2 heterocycles. The second-order valence-electron chi connectivity index (χ2n) is 7.42. The summed E-state index contributed by atoms with van der Waals surface area (Å²) >= 11 is 0. The van der Waals surface area contributed by atoms with Crippen molar-refractivity contribution in [1.82, 2.24) is 14.9 Å². The summed E-state index contributed by atoms with van der Waals surface area (Å²) in [5.41, 5.74) is 0. The molecule has 2 rings (SSSR count). The summed E-state index contributed by atoms with van der Waals surface area (Å²) in [6, 6.07) is 2.68. The summed E-state index contributed by atoms with van der Waals surface area (Å²) in [5, 5.41) is 0. The summed E-state index contributed by atoms with van der Waals surface area (Å²) in [6.45, 7) is 9.03. The molecule has 25 heavy (non-hydrogen) atoms. The molecule has 0 unspecified atom stereocenters. The number of aromatic nitrogens is 2. The van der Waals surface area contributed by atoms with Crippen molar-refractivity contribution in [1.29, 1.82) is 0 Å². The Labute approximate surface area is 155 Å². The lowest BCUT2D eigenvalue weighted by molar-refractivity contribution is 0.160. The van der Waals surface area contributed by atoms with E-state index in [2.05, 4.69) is 33.6 Å². The molecule has 0 radical (unpaired) electrons. The number of hydrogen-bond donors (Lipinski definition) is 0. The predicted octanol–water partition coefficient (Wildman–Crippen LogP) is 4.91. The first kappa shape index (κ1) is 20.2. The van der Waals surface area contributed by atoms with Crippen LogP contribution < -0.4 is 4.90 Å². The van der Waals surface area contributed by atoms with Gasteiger partial charge >= 0.3 is 0 Å². The molecule has 0 N–H and O–H groups in total. The largest absolute Gasteiger partial charge is 0.338 e. The maximum Gasteiger partial charge on any atom is 0.225 e. The predicted molar refractivity (Wildman–Crippen MR) is 107 cm³/mol. The number of unbranched alkanes of at least 4 members (excludes halogenated alkanes) is 6. The fourth-order valence-electron chi connectivity index (χ4n) is 3.86. The second kappa shape index (κ2) is 12.2. The lowest BCUT2D eigenvalue weighted by Gasteiger charge is -2.39. The zero-order valence-electron chi connectivity index (χ0n) is 16.5. The SMILES string of the molecule is CCCCCCC(CCCCCC)N1CCN(c2ncccn2)CC1. The first-order chi connectivity index (χ1) is 12.3. The van der Waals surface area contributed by atoms with Gasteiger partial charge in [-0.3, -0.25) is 4.90 Å². The Morgan fingerprint density at radius 1 is 0.800 bits per heavy atom. The van der Waals surface area contributed by atoms with Gasteiger partial charge in [0.15, 0.2) is 0 Å². The fraction of sp³-hybridized carbons (Fsp3) is 0.810. The number of piperazine rings is 1. The Morgan fingerprint density at radius 3 is 1.88 bits per heavy atom. The molecule has 0 saturated carbocycles. The van der Waals surface area contributed by atoms with Crippen molar-refractivity contribution in [3.63, 3.8) is 0 Å². The third-order valence-electron chi connectivity index (χ3n) is 5.45. The van der Waals surface area contributed by atoms with Crippen LogP contribution in [0.4, 0.5) is 5.95 Å². The molecule has 1 aromatic heterocycles. The molecule has 4 nitrogen and oxygen atoms in total. The average Bonchev–Trinajstić information content (AvgIpc) is 2.68. The van der Waals surface area contributed by atoms with E-state index in [1.807, 2.05) is 18.5 Å². The smallest absolute Gasteiger partial charge is 0.225 e. The topological polar surface area (TPSA) is 32.3 Å². The Hall–Kier alpha value is -1.16. The molecule has 0 bridgehead atoms. The molecule has 0 amide bonds. The molecule has 1 aromatic rings. The Balaban J connectivity index is 1.79.